The first kappa shape index (κ1) is 11.6. The van der Waals surface area contributed by atoms with E-state index < -0.39 is 5.60 Å². The van der Waals surface area contributed by atoms with Crippen molar-refractivity contribution in [1.82, 2.24) is 5.32 Å². The molecule has 1 unspecified atom stereocenters. The minimum Gasteiger partial charge on any atom is -0.390 e. The Balaban J connectivity index is 2.12. The van der Waals surface area contributed by atoms with Crippen molar-refractivity contribution >= 4 is 0 Å². The largest absolute Gasteiger partial charge is 0.390 e. The van der Waals surface area contributed by atoms with E-state index in [1.807, 2.05) is 13.8 Å². The number of hydrogen-bond donors (Lipinski definition) is 2. The Labute approximate surface area is 97.7 Å². The molecule has 1 aromatic rings. The summed E-state index contributed by atoms with van der Waals surface area (Å²) in [5.74, 6) is 0.654. The molecule has 0 saturated carbocycles. The Morgan fingerprint density at radius 3 is 2.88 bits per heavy atom. The zero-order valence-electron chi connectivity index (χ0n) is 10.2. The van der Waals surface area contributed by atoms with Gasteiger partial charge in [-0.15, -0.1) is 0 Å². The molecule has 16 heavy (non-hydrogen) atoms. The third-order valence-electron chi connectivity index (χ3n) is 3.12. The van der Waals surface area contributed by atoms with Gasteiger partial charge in [0.05, 0.1) is 5.60 Å². The molecule has 2 N–H and O–H groups in total. The van der Waals surface area contributed by atoms with Crippen LogP contribution in [0.4, 0.5) is 0 Å². The highest BCUT2D eigenvalue weighted by Crippen LogP contribution is 2.24. The summed E-state index contributed by atoms with van der Waals surface area (Å²) in [6.45, 7) is 5.93. The smallest absolute Gasteiger partial charge is 0.0631 e. The van der Waals surface area contributed by atoms with Crippen molar-refractivity contribution in [2.45, 2.75) is 38.2 Å². The van der Waals surface area contributed by atoms with E-state index in [-0.39, 0.29) is 0 Å². The van der Waals surface area contributed by atoms with Gasteiger partial charge >= 0.3 is 0 Å². The third-order valence-corrected chi connectivity index (χ3v) is 3.12. The van der Waals surface area contributed by atoms with E-state index in [0.717, 1.165) is 19.5 Å². The molecule has 2 nitrogen and oxygen atoms in total. The van der Waals surface area contributed by atoms with Crippen LogP contribution in [0.25, 0.3) is 0 Å². The SMILES string of the molecule is CC(C)(O)Cc1cccc(C2CCNC2)c1. The van der Waals surface area contributed by atoms with Crippen LogP contribution in [0, 0.1) is 0 Å². The Morgan fingerprint density at radius 2 is 2.25 bits per heavy atom. The van der Waals surface area contributed by atoms with E-state index in [4.69, 9.17) is 0 Å². The van der Waals surface area contributed by atoms with Crippen LogP contribution in [0.1, 0.15) is 37.3 Å². The van der Waals surface area contributed by atoms with Gasteiger partial charge in [-0.2, -0.15) is 0 Å². The van der Waals surface area contributed by atoms with Crippen LogP contribution in [0.15, 0.2) is 24.3 Å². The van der Waals surface area contributed by atoms with Gasteiger partial charge in [-0.3, -0.25) is 0 Å². The van der Waals surface area contributed by atoms with Crippen molar-refractivity contribution in [2.75, 3.05) is 13.1 Å². The zero-order chi connectivity index (χ0) is 11.6. The highest BCUT2D eigenvalue weighted by molar-refractivity contribution is 5.28. The number of aliphatic hydroxyl groups is 1. The maximum atomic E-state index is 9.81. The summed E-state index contributed by atoms with van der Waals surface area (Å²) >= 11 is 0. The lowest BCUT2D eigenvalue weighted by molar-refractivity contribution is 0.0810. The molecule has 0 radical (unpaired) electrons. The molecule has 1 atom stereocenters. The molecule has 88 valence electrons. The second-order valence-electron chi connectivity index (χ2n) is 5.42. The van der Waals surface area contributed by atoms with Crippen molar-refractivity contribution in [3.05, 3.63) is 35.4 Å². The maximum absolute atomic E-state index is 9.81. The maximum Gasteiger partial charge on any atom is 0.0631 e. The minimum absolute atomic E-state index is 0.619. The highest BCUT2D eigenvalue weighted by Gasteiger charge is 2.18. The Bertz CT molecular complexity index is 348. The van der Waals surface area contributed by atoms with E-state index in [2.05, 4.69) is 29.6 Å². The zero-order valence-corrected chi connectivity index (χ0v) is 10.2. The van der Waals surface area contributed by atoms with Gasteiger partial charge in [0.1, 0.15) is 0 Å². The fourth-order valence-corrected chi connectivity index (χ4v) is 2.40. The lowest BCUT2D eigenvalue weighted by Crippen LogP contribution is -2.21. The molecule has 2 heteroatoms. The van der Waals surface area contributed by atoms with Gasteiger partial charge in [0.25, 0.3) is 0 Å². The summed E-state index contributed by atoms with van der Waals surface area (Å²) in [6, 6.07) is 8.65. The van der Waals surface area contributed by atoms with Crippen molar-refractivity contribution in [3.63, 3.8) is 0 Å². The van der Waals surface area contributed by atoms with Gasteiger partial charge in [0.2, 0.25) is 0 Å². The van der Waals surface area contributed by atoms with E-state index in [1.54, 1.807) is 0 Å². The fraction of sp³-hybridized carbons (Fsp3) is 0.571. The standard InChI is InChI=1S/C14H21NO/c1-14(2,16)9-11-4-3-5-12(8-11)13-6-7-15-10-13/h3-5,8,13,15-16H,6-7,9-10H2,1-2H3. The fourth-order valence-electron chi connectivity index (χ4n) is 2.40. The predicted molar refractivity (Wildman–Crippen MR) is 66.7 cm³/mol. The average molecular weight is 219 g/mol. The molecular formula is C14H21NO. The summed E-state index contributed by atoms with van der Waals surface area (Å²) in [5.41, 5.74) is 2.02. The van der Waals surface area contributed by atoms with Gasteiger partial charge in [-0.1, -0.05) is 24.3 Å². The second kappa shape index (κ2) is 4.56. The quantitative estimate of drug-likeness (QED) is 0.815. The lowest BCUT2D eigenvalue weighted by Gasteiger charge is -2.18. The summed E-state index contributed by atoms with van der Waals surface area (Å²) in [7, 11) is 0. The first-order valence-corrected chi connectivity index (χ1v) is 6.06. The van der Waals surface area contributed by atoms with E-state index in [9.17, 15) is 5.11 Å². The molecule has 0 bridgehead atoms. The number of benzene rings is 1. The first-order chi connectivity index (χ1) is 7.54. The molecule has 0 amide bonds. The van der Waals surface area contributed by atoms with Crippen LogP contribution in [-0.4, -0.2) is 23.8 Å². The molecule has 1 heterocycles. The number of hydrogen-bond acceptors (Lipinski definition) is 2. The van der Waals surface area contributed by atoms with Crippen LogP contribution >= 0.6 is 0 Å². The van der Waals surface area contributed by atoms with E-state index in [1.165, 1.54) is 17.5 Å². The van der Waals surface area contributed by atoms with E-state index in [0.29, 0.717) is 5.92 Å². The van der Waals surface area contributed by atoms with Crippen molar-refractivity contribution < 1.29 is 5.11 Å². The Hall–Kier alpha value is -0.860. The normalized spacial score (nSPS) is 21.3. The Kier molecular flexibility index (Phi) is 3.31. The van der Waals surface area contributed by atoms with Gasteiger partial charge in [0, 0.05) is 13.0 Å². The molecule has 0 aromatic heterocycles. The topological polar surface area (TPSA) is 32.3 Å². The van der Waals surface area contributed by atoms with Crippen molar-refractivity contribution in [1.29, 1.82) is 0 Å². The molecule has 1 aliphatic rings. The summed E-state index contributed by atoms with van der Waals surface area (Å²) < 4.78 is 0. The van der Waals surface area contributed by atoms with Gasteiger partial charge in [-0.25, -0.2) is 0 Å². The van der Waals surface area contributed by atoms with Crippen LogP contribution in [0.2, 0.25) is 0 Å². The molecule has 2 rings (SSSR count). The lowest BCUT2D eigenvalue weighted by atomic mass is 9.92. The minimum atomic E-state index is -0.619. The summed E-state index contributed by atoms with van der Waals surface area (Å²) in [4.78, 5) is 0. The average Bonchev–Trinajstić information content (AvgIpc) is 2.68. The molecule has 1 fully saturated rings. The first-order valence-electron chi connectivity index (χ1n) is 6.06. The van der Waals surface area contributed by atoms with Gasteiger partial charge in [0.15, 0.2) is 0 Å². The highest BCUT2D eigenvalue weighted by atomic mass is 16.3. The molecule has 1 saturated heterocycles. The van der Waals surface area contributed by atoms with Gasteiger partial charge < -0.3 is 10.4 Å². The molecule has 0 aliphatic carbocycles. The number of nitrogens with one attached hydrogen (secondary N) is 1. The molecule has 1 aliphatic heterocycles. The van der Waals surface area contributed by atoms with Crippen molar-refractivity contribution in [3.8, 4) is 0 Å². The monoisotopic (exact) mass is 219 g/mol. The summed E-state index contributed by atoms with van der Waals surface area (Å²) in [5, 5.41) is 13.2. The molecule has 0 spiro atoms. The predicted octanol–water partition coefficient (Wildman–Crippen LogP) is 2.08. The van der Waals surface area contributed by atoms with Crippen LogP contribution in [-0.2, 0) is 6.42 Å². The third kappa shape index (κ3) is 3.06. The van der Waals surface area contributed by atoms with Crippen LogP contribution in [0.5, 0.6) is 0 Å². The van der Waals surface area contributed by atoms with Crippen LogP contribution in [0.3, 0.4) is 0 Å². The van der Waals surface area contributed by atoms with Crippen LogP contribution < -0.4 is 5.32 Å². The second-order valence-corrected chi connectivity index (χ2v) is 5.42. The summed E-state index contributed by atoms with van der Waals surface area (Å²) in [6.07, 6.45) is 1.95. The van der Waals surface area contributed by atoms with Crippen molar-refractivity contribution in [2.24, 2.45) is 0 Å². The molecular weight excluding hydrogens is 198 g/mol. The van der Waals surface area contributed by atoms with Gasteiger partial charge in [-0.05, 0) is 43.9 Å². The Morgan fingerprint density at radius 1 is 1.44 bits per heavy atom. The molecule has 1 aromatic carbocycles. The number of rotatable bonds is 3. The van der Waals surface area contributed by atoms with E-state index >= 15 is 0 Å².